The molecular weight excluding hydrogens is 1350 g/mol. The normalized spacial score (nSPS) is 14.9. The molecule has 0 aromatic rings. The van der Waals surface area contributed by atoms with Crippen LogP contribution in [0.25, 0.3) is 0 Å². The summed E-state index contributed by atoms with van der Waals surface area (Å²) in [6.07, 6.45) is 90.7. The third kappa shape index (κ3) is 74.4. The molecule has 0 rings (SSSR count). The molecule has 588 valence electrons. The summed E-state index contributed by atoms with van der Waals surface area (Å²) in [5, 5.41) is 10.6. The molecule has 19 heteroatoms. The molecule has 0 aliphatic carbocycles. The van der Waals surface area contributed by atoms with E-state index in [4.69, 9.17) is 37.0 Å². The average molecular weight is 1490 g/mol. The summed E-state index contributed by atoms with van der Waals surface area (Å²) in [4.78, 5) is 72.9. The molecule has 0 aliphatic rings. The molecule has 17 nitrogen and oxygen atoms in total. The van der Waals surface area contributed by atoms with Crippen molar-refractivity contribution < 1.29 is 80.2 Å². The first-order chi connectivity index (χ1) is 50.7. The Labute approximate surface area is 628 Å². The van der Waals surface area contributed by atoms with Crippen molar-refractivity contribution in [2.45, 2.75) is 290 Å². The van der Waals surface area contributed by atoms with Crippen molar-refractivity contribution >= 4 is 39.5 Å². The number of carbonyl (C=O) groups is 4. The standard InChI is InChI=1S/C85H136O17P2/c1-5-9-13-17-21-25-29-33-37-38-39-40-44-46-50-54-58-62-66-70-83(88)96-76-81(102-85(90)72-68-64-60-56-52-48-43-36-32-28-24-20-16-12-8-4)78-100-104(93,94)98-74-79(86)73-97-103(91,92)99-77-80(101-84(89)71-67-63-59-55-51-47-42-35-31-27-23-19-15-11-7-3)75-95-82(87)69-65-61-57-53-49-45-41-34-30-26-22-18-14-10-6-2/h9-11,13-15,21-23,25-27,33-35,37,39-42,46,49-51,53,55,58,61-62,65,79-81,86H,5-8,12,16-20,24,28-32,36,38,43-45,47-48,52,54,56-57,59-60,63-64,66-78H2,1-4H3,(H,91,92)(H,93,94)/b13-9-,14-10-,15-11-,25-21-,26-22-,27-23-,37-33-,40-39-,41-34-,42-35-,50-46-,53-49-,55-51-,62-58-,65-61-. The Bertz CT molecular complexity index is 2690. The molecule has 5 atom stereocenters. The fourth-order valence-electron chi connectivity index (χ4n) is 9.60. The first kappa shape index (κ1) is 98.2. The molecule has 0 aromatic carbocycles. The third-order valence-electron chi connectivity index (χ3n) is 15.4. The first-order valence-corrected chi connectivity index (χ1v) is 42.0. The number of esters is 4. The van der Waals surface area contributed by atoms with Crippen molar-refractivity contribution in [2.75, 3.05) is 39.6 Å². The van der Waals surface area contributed by atoms with E-state index in [-0.39, 0.29) is 25.7 Å². The second-order valence-electron chi connectivity index (χ2n) is 25.2. The van der Waals surface area contributed by atoms with Crippen LogP contribution >= 0.6 is 15.6 Å². The number of rotatable bonds is 71. The van der Waals surface area contributed by atoms with Gasteiger partial charge in [0.15, 0.2) is 12.2 Å². The molecule has 0 aromatic heterocycles. The van der Waals surface area contributed by atoms with E-state index in [1.807, 2.05) is 42.5 Å². The lowest BCUT2D eigenvalue weighted by Gasteiger charge is -2.21. The summed E-state index contributed by atoms with van der Waals surface area (Å²) in [5.41, 5.74) is 0. The first-order valence-electron chi connectivity index (χ1n) is 39.0. The summed E-state index contributed by atoms with van der Waals surface area (Å²) in [7, 11) is -10.0. The minimum atomic E-state index is -5.02. The fourth-order valence-corrected chi connectivity index (χ4v) is 11.2. The minimum absolute atomic E-state index is 0.0150. The van der Waals surface area contributed by atoms with E-state index in [1.54, 1.807) is 6.08 Å². The fraction of sp³-hybridized carbons (Fsp3) is 0.600. The van der Waals surface area contributed by atoms with Gasteiger partial charge in [-0.05, 0) is 128 Å². The van der Waals surface area contributed by atoms with Crippen molar-refractivity contribution in [3.8, 4) is 0 Å². The van der Waals surface area contributed by atoms with E-state index in [0.717, 1.165) is 116 Å². The predicted octanol–water partition coefficient (Wildman–Crippen LogP) is 22.8. The van der Waals surface area contributed by atoms with Gasteiger partial charge >= 0.3 is 39.5 Å². The van der Waals surface area contributed by atoms with E-state index in [2.05, 4.69) is 161 Å². The third-order valence-corrected chi connectivity index (χ3v) is 17.3. The number of phosphoric ester groups is 2. The highest BCUT2D eigenvalue weighted by molar-refractivity contribution is 7.47. The topological polar surface area (TPSA) is 237 Å². The Hall–Kier alpha value is -5.84. The largest absolute Gasteiger partial charge is 0.472 e. The van der Waals surface area contributed by atoms with E-state index in [9.17, 15) is 43.2 Å². The summed E-state index contributed by atoms with van der Waals surface area (Å²) in [5.74, 6) is -2.48. The summed E-state index contributed by atoms with van der Waals surface area (Å²) < 4.78 is 68.3. The van der Waals surface area contributed by atoms with Crippen LogP contribution in [0.5, 0.6) is 0 Å². The van der Waals surface area contributed by atoms with Crippen LogP contribution in [0.15, 0.2) is 182 Å². The number of hydrogen-bond donors (Lipinski definition) is 3. The second-order valence-corrected chi connectivity index (χ2v) is 28.1. The maximum atomic E-state index is 13.1. The Morgan fingerprint density at radius 3 is 0.894 bits per heavy atom. The zero-order chi connectivity index (χ0) is 76.0. The lowest BCUT2D eigenvalue weighted by molar-refractivity contribution is -0.161. The quantitative estimate of drug-likeness (QED) is 0.0169. The number of phosphoric acid groups is 2. The van der Waals surface area contributed by atoms with Crippen LogP contribution in [-0.2, 0) is 65.4 Å². The van der Waals surface area contributed by atoms with Crippen molar-refractivity contribution in [2.24, 2.45) is 0 Å². The van der Waals surface area contributed by atoms with Gasteiger partial charge in [0.2, 0.25) is 0 Å². The molecule has 0 saturated heterocycles. The Morgan fingerprint density at radius 2 is 0.558 bits per heavy atom. The number of aliphatic hydroxyl groups is 1. The zero-order valence-electron chi connectivity index (χ0n) is 64.1. The van der Waals surface area contributed by atoms with Crippen LogP contribution in [0.4, 0.5) is 0 Å². The van der Waals surface area contributed by atoms with Crippen molar-refractivity contribution in [1.82, 2.24) is 0 Å². The molecule has 0 saturated carbocycles. The predicted molar refractivity (Wildman–Crippen MR) is 426 cm³/mol. The lowest BCUT2D eigenvalue weighted by Crippen LogP contribution is -2.30. The molecule has 0 radical (unpaired) electrons. The number of ether oxygens (including phenoxy) is 4. The lowest BCUT2D eigenvalue weighted by atomic mass is 10.0. The van der Waals surface area contributed by atoms with Gasteiger partial charge in [0.05, 0.1) is 32.8 Å². The van der Waals surface area contributed by atoms with Crippen LogP contribution < -0.4 is 0 Å². The molecule has 0 amide bonds. The van der Waals surface area contributed by atoms with Gasteiger partial charge in [-0.1, -0.05) is 300 Å². The van der Waals surface area contributed by atoms with Gasteiger partial charge in [-0.15, -0.1) is 0 Å². The summed E-state index contributed by atoms with van der Waals surface area (Å²) in [6.45, 7) is 4.26. The number of carbonyl (C=O) groups excluding carboxylic acids is 4. The van der Waals surface area contributed by atoms with Crippen LogP contribution in [-0.4, -0.2) is 96.7 Å². The molecule has 0 aliphatic heterocycles. The smallest absolute Gasteiger partial charge is 0.462 e. The van der Waals surface area contributed by atoms with E-state index >= 15 is 0 Å². The highest BCUT2D eigenvalue weighted by atomic mass is 31.2. The monoisotopic (exact) mass is 1490 g/mol. The van der Waals surface area contributed by atoms with Crippen LogP contribution in [0.2, 0.25) is 0 Å². The average Bonchev–Trinajstić information content (AvgIpc) is 0.918. The number of aliphatic hydroxyl groups excluding tert-OH is 1. The van der Waals surface area contributed by atoms with Crippen molar-refractivity contribution in [3.05, 3.63) is 182 Å². The SMILES string of the molecule is CC/C=C\C/C=C\C/C=C\C/C=C\C/C=C\C/C=C\CCC(=O)OCC(COP(=O)(O)OCC(O)COP(=O)(O)OCC(COC(=O)C/C=C\C/C=C\C/C=C\C/C=C\C/C=C\CC)OC(=O)CCCC/C=C\C/C=C\C/C=C\C/C=C\CC)OC(=O)CCCCCCCCCCCCCCCCC. The van der Waals surface area contributed by atoms with Crippen LogP contribution in [0.1, 0.15) is 272 Å². The van der Waals surface area contributed by atoms with Gasteiger partial charge in [0.25, 0.3) is 0 Å². The van der Waals surface area contributed by atoms with E-state index in [0.29, 0.717) is 38.5 Å². The van der Waals surface area contributed by atoms with E-state index in [1.165, 1.54) is 64.2 Å². The zero-order valence-corrected chi connectivity index (χ0v) is 65.9. The van der Waals surface area contributed by atoms with Crippen molar-refractivity contribution in [3.63, 3.8) is 0 Å². The minimum Gasteiger partial charge on any atom is -0.462 e. The Balaban J connectivity index is 5.53. The Kier molecular flexibility index (Phi) is 71.2. The maximum Gasteiger partial charge on any atom is 0.472 e. The molecule has 104 heavy (non-hydrogen) atoms. The molecule has 0 heterocycles. The van der Waals surface area contributed by atoms with Gasteiger partial charge < -0.3 is 33.8 Å². The highest BCUT2D eigenvalue weighted by Gasteiger charge is 2.30. The van der Waals surface area contributed by atoms with E-state index < -0.39 is 97.5 Å². The summed E-state index contributed by atoms with van der Waals surface area (Å²) >= 11 is 0. The molecular formula is C85H136O17P2. The van der Waals surface area contributed by atoms with Gasteiger partial charge in [0.1, 0.15) is 19.3 Å². The second kappa shape index (κ2) is 75.4. The number of hydrogen-bond acceptors (Lipinski definition) is 15. The molecule has 3 N–H and O–H groups in total. The highest BCUT2D eigenvalue weighted by Crippen LogP contribution is 2.45. The van der Waals surface area contributed by atoms with Crippen LogP contribution in [0, 0.1) is 0 Å². The molecule has 5 unspecified atom stereocenters. The van der Waals surface area contributed by atoms with Gasteiger partial charge in [-0.3, -0.25) is 37.3 Å². The number of unbranched alkanes of at least 4 members (excludes halogenated alkanes) is 16. The van der Waals surface area contributed by atoms with Gasteiger partial charge in [0, 0.05) is 19.3 Å². The maximum absolute atomic E-state index is 13.1. The number of allylic oxidation sites excluding steroid dienone is 29. The van der Waals surface area contributed by atoms with Crippen LogP contribution in [0.3, 0.4) is 0 Å². The van der Waals surface area contributed by atoms with Crippen molar-refractivity contribution in [1.29, 1.82) is 0 Å². The molecule has 0 fully saturated rings. The Morgan fingerprint density at radius 1 is 0.288 bits per heavy atom. The van der Waals surface area contributed by atoms with Gasteiger partial charge in [-0.2, -0.15) is 0 Å². The summed E-state index contributed by atoms with van der Waals surface area (Å²) in [6, 6.07) is 0. The molecule has 0 bridgehead atoms. The van der Waals surface area contributed by atoms with Gasteiger partial charge in [-0.25, -0.2) is 9.13 Å². The molecule has 0 spiro atoms.